The molecule has 1 aliphatic heterocycles. The Bertz CT molecular complexity index is 1020. The number of nitrogens with zero attached hydrogens (tertiary/aromatic N) is 3. The van der Waals surface area contributed by atoms with Crippen LogP contribution in [0.3, 0.4) is 0 Å². The van der Waals surface area contributed by atoms with E-state index in [1.165, 1.54) is 6.07 Å². The Morgan fingerprint density at radius 2 is 1.93 bits per heavy atom. The molecule has 0 bridgehead atoms. The number of hydrogen-bond donors (Lipinski definition) is 0. The number of benzene rings is 1. The van der Waals surface area contributed by atoms with Crippen LogP contribution in [0, 0.1) is 12.7 Å². The molecule has 0 aliphatic carbocycles. The number of hydrogen-bond acceptors (Lipinski definition) is 3. The van der Waals surface area contributed by atoms with Gasteiger partial charge in [0.05, 0.1) is 6.42 Å². The molecule has 2 aromatic heterocycles. The van der Waals surface area contributed by atoms with E-state index >= 15 is 0 Å². The normalized spacial score (nSPS) is 16.5. The van der Waals surface area contributed by atoms with E-state index in [2.05, 4.69) is 11.1 Å². The monoisotopic (exact) mass is 403 g/mol. The first kappa shape index (κ1) is 20.2. The van der Waals surface area contributed by atoms with Crippen LogP contribution in [-0.2, 0) is 17.6 Å². The zero-order chi connectivity index (χ0) is 20.9. The number of aromatic nitrogens is 2. The van der Waals surface area contributed by atoms with Crippen LogP contribution in [-0.4, -0.2) is 33.9 Å². The molecule has 1 aromatic carbocycles. The molecule has 4 rings (SSSR count). The Labute approximate surface area is 176 Å². The van der Waals surface area contributed by atoms with Gasteiger partial charge in [-0.3, -0.25) is 14.8 Å². The fourth-order valence-electron chi connectivity index (χ4n) is 4.17. The largest absolute Gasteiger partial charge is 0.342 e. The van der Waals surface area contributed by atoms with Crippen LogP contribution in [0.1, 0.15) is 46.8 Å². The summed E-state index contributed by atoms with van der Waals surface area (Å²) in [5, 5.41) is 0. The Morgan fingerprint density at radius 1 is 1.13 bits per heavy atom. The third-order valence-electron chi connectivity index (χ3n) is 5.68. The van der Waals surface area contributed by atoms with E-state index < -0.39 is 0 Å². The highest BCUT2D eigenvalue weighted by atomic mass is 19.1. The third-order valence-corrected chi connectivity index (χ3v) is 5.68. The van der Waals surface area contributed by atoms with Crippen molar-refractivity contribution in [2.45, 2.75) is 38.5 Å². The molecule has 1 saturated heterocycles. The molecule has 1 fully saturated rings. The number of pyridine rings is 2. The van der Waals surface area contributed by atoms with Crippen molar-refractivity contribution < 1.29 is 9.18 Å². The van der Waals surface area contributed by atoms with Gasteiger partial charge >= 0.3 is 0 Å². The smallest absolute Gasteiger partial charge is 0.227 e. The number of likely N-dealkylation sites (tertiary alicyclic amines) is 1. The zero-order valence-electron chi connectivity index (χ0n) is 17.2. The second kappa shape index (κ2) is 9.16. The number of carbonyl (C=O) groups is 1. The van der Waals surface area contributed by atoms with E-state index in [4.69, 9.17) is 4.98 Å². The lowest BCUT2D eigenvalue weighted by atomic mass is 9.92. The predicted molar refractivity (Wildman–Crippen MR) is 115 cm³/mol. The maximum Gasteiger partial charge on any atom is 0.227 e. The van der Waals surface area contributed by atoms with Crippen LogP contribution >= 0.6 is 0 Å². The summed E-state index contributed by atoms with van der Waals surface area (Å²) in [5.41, 5.74) is 4.66. The lowest BCUT2D eigenvalue weighted by Gasteiger charge is -2.33. The molecule has 0 saturated carbocycles. The molecule has 1 atom stereocenters. The molecule has 3 aromatic rings. The van der Waals surface area contributed by atoms with E-state index in [1.54, 1.807) is 18.5 Å². The van der Waals surface area contributed by atoms with Crippen LogP contribution in [0.5, 0.6) is 0 Å². The Kier molecular flexibility index (Phi) is 6.17. The van der Waals surface area contributed by atoms with Crippen LogP contribution in [0.15, 0.2) is 60.9 Å². The second-order valence-electron chi connectivity index (χ2n) is 8.02. The van der Waals surface area contributed by atoms with Gasteiger partial charge in [-0.2, -0.15) is 0 Å². The quantitative estimate of drug-likeness (QED) is 0.632. The van der Waals surface area contributed by atoms with Gasteiger partial charge < -0.3 is 4.90 Å². The number of amides is 1. The maximum absolute atomic E-state index is 14.1. The van der Waals surface area contributed by atoms with Gasteiger partial charge in [0.1, 0.15) is 5.82 Å². The van der Waals surface area contributed by atoms with Crippen LogP contribution < -0.4 is 0 Å². The van der Waals surface area contributed by atoms with Gasteiger partial charge in [0.2, 0.25) is 5.91 Å². The van der Waals surface area contributed by atoms with E-state index in [0.717, 1.165) is 41.9 Å². The molecular weight excluding hydrogens is 377 g/mol. The van der Waals surface area contributed by atoms with Crippen molar-refractivity contribution in [2.75, 3.05) is 13.1 Å². The summed E-state index contributed by atoms with van der Waals surface area (Å²) in [4.78, 5) is 23.5. The fourth-order valence-corrected chi connectivity index (χ4v) is 4.17. The standard InChI is InChI=1S/C25H26FN3O/c1-18-13-20(14-21-5-2-3-7-23(21)26)15-24(28-18)22-6-4-12-29(17-22)25(30)16-19-8-10-27-11-9-19/h2-3,5,7-11,13,15,22H,4,6,12,14,16-17H2,1H3/t22-/m0/s1. The zero-order valence-corrected chi connectivity index (χ0v) is 17.2. The first-order valence-corrected chi connectivity index (χ1v) is 10.5. The van der Waals surface area contributed by atoms with Crippen molar-refractivity contribution in [3.05, 3.63) is 94.8 Å². The van der Waals surface area contributed by atoms with E-state index in [1.807, 2.05) is 42.2 Å². The minimum Gasteiger partial charge on any atom is -0.342 e. The molecule has 5 heteroatoms. The maximum atomic E-state index is 14.1. The van der Waals surface area contributed by atoms with Crippen molar-refractivity contribution in [1.82, 2.24) is 14.9 Å². The van der Waals surface area contributed by atoms with Gasteiger partial charge in [0.25, 0.3) is 0 Å². The first-order valence-electron chi connectivity index (χ1n) is 10.5. The molecule has 0 radical (unpaired) electrons. The van der Waals surface area contributed by atoms with E-state index in [9.17, 15) is 9.18 Å². The number of aryl methyl sites for hydroxylation is 1. The second-order valence-corrected chi connectivity index (χ2v) is 8.02. The van der Waals surface area contributed by atoms with Crippen LogP contribution in [0.4, 0.5) is 4.39 Å². The molecule has 4 nitrogen and oxygen atoms in total. The summed E-state index contributed by atoms with van der Waals surface area (Å²) < 4.78 is 14.1. The van der Waals surface area contributed by atoms with E-state index in [-0.39, 0.29) is 17.6 Å². The molecule has 0 N–H and O–H groups in total. The molecule has 154 valence electrons. The Balaban J connectivity index is 1.48. The Hall–Kier alpha value is -3.08. The molecule has 1 amide bonds. The van der Waals surface area contributed by atoms with Gasteiger partial charge in [-0.1, -0.05) is 18.2 Å². The highest BCUT2D eigenvalue weighted by Crippen LogP contribution is 2.28. The van der Waals surface area contributed by atoms with Gasteiger partial charge in [-0.05, 0) is 66.8 Å². The summed E-state index contributed by atoms with van der Waals surface area (Å²) in [5.74, 6) is 0.170. The summed E-state index contributed by atoms with van der Waals surface area (Å²) in [6.45, 7) is 3.44. The molecule has 30 heavy (non-hydrogen) atoms. The van der Waals surface area contributed by atoms with Gasteiger partial charge in [0, 0.05) is 49.2 Å². The molecule has 1 aliphatic rings. The first-order chi connectivity index (χ1) is 14.6. The van der Waals surface area contributed by atoms with Crippen molar-refractivity contribution in [1.29, 1.82) is 0 Å². The fraction of sp³-hybridized carbons (Fsp3) is 0.320. The Morgan fingerprint density at radius 3 is 2.73 bits per heavy atom. The summed E-state index contributed by atoms with van der Waals surface area (Å²) in [6, 6.07) is 14.8. The van der Waals surface area contributed by atoms with Gasteiger partial charge in [0.15, 0.2) is 0 Å². The van der Waals surface area contributed by atoms with Crippen molar-refractivity contribution in [3.8, 4) is 0 Å². The van der Waals surface area contributed by atoms with Gasteiger partial charge in [-0.25, -0.2) is 4.39 Å². The van der Waals surface area contributed by atoms with Crippen molar-refractivity contribution >= 4 is 5.91 Å². The highest BCUT2D eigenvalue weighted by Gasteiger charge is 2.26. The van der Waals surface area contributed by atoms with Crippen molar-refractivity contribution in [3.63, 3.8) is 0 Å². The number of piperidine rings is 1. The number of rotatable bonds is 5. The van der Waals surface area contributed by atoms with Crippen LogP contribution in [0.2, 0.25) is 0 Å². The lowest BCUT2D eigenvalue weighted by molar-refractivity contribution is -0.131. The molecular formula is C25H26FN3O. The van der Waals surface area contributed by atoms with E-state index in [0.29, 0.717) is 24.9 Å². The topological polar surface area (TPSA) is 46.1 Å². The summed E-state index contributed by atoms with van der Waals surface area (Å²) in [7, 11) is 0. The molecule has 3 heterocycles. The minimum absolute atomic E-state index is 0.144. The van der Waals surface area contributed by atoms with Crippen molar-refractivity contribution in [2.24, 2.45) is 0 Å². The number of carbonyl (C=O) groups excluding carboxylic acids is 1. The average Bonchev–Trinajstić information content (AvgIpc) is 2.76. The lowest BCUT2D eigenvalue weighted by Crippen LogP contribution is -2.40. The third kappa shape index (κ3) is 4.90. The summed E-state index contributed by atoms with van der Waals surface area (Å²) >= 11 is 0. The molecule has 0 unspecified atom stereocenters. The van der Waals surface area contributed by atoms with Gasteiger partial charge in [-0.15, -0.1) is 0 Å². The average molecular weight is 404 g/mol. The predicted octanol–water partition coefficient (Wildman–Crippen LogP) is 4.46. The minimum atomic E-state index is -0.181. The molecule has 0 spiro atoms. The van der Waals surface area contributed by atoms with Crippen LogP contribution in [0.25, 0.3) is 0 Å². The summed E-state index contributed by atoms with van der Waals surface area (Å²) in [6.07, 6.45) is 6.35. The SMILES string of the molecule is Cc1cc(Cc2ccccc2F)cc([C@H]2CCCN(C(=O)Cc3ccncc3)C2)n1. The number of halogens is 1. The highest BCUT2D eigenvalue weighted by molar-refractivity contribution is 5.78.